The topological polar surface area (TPSA) is 52.6 Å². The molecule has 0 bridgehead atoms. The Bertz CT molecular complexity index is 377. The predicted molar refractivity (Wildman–Crippen MR) is 73.8 cm³/mol. The van der Waals surface area contributed by atoms with Gasteiger partial charge in [0.25, 0.3) is 0 Å². The molecule has 0 spiro atoms. The van der Waals surface area contributed by atoms with Crippen molar-refractivity contribution in [1.29, 1.82) is 0 Å². The molecule has 0 heterocycles. The third kappa shape index (κ3) is 5.31. The maximum atomic E-state index is 11.6. The summed E-state index contributed by atoms with van der Waals surface area (Å²) in [5, 5.41) is 0. The first-order valence-electron chi connectivity index (χ1n) is 5.72. The van der Waals surface area contributed by atoms with Crippen LogP contribution in [0.3, 0.4) is 0 Å². The van der Waals surface area contributed by atoms with Crippen molar-refractivity contribution < 1.29 is 19.1 Å². The molecule has 0 aromatic rings. The summed E-state index contributed by atoms with van der Waals surface area (Å²) in [6.45, 7) is 13.0. The zero-order chi connectivity index (χ0) is 14.5. The van der Waals surface area contributed by atoms with Crippen molar-refractivity contribution in [2.75, 3.05) is 7.11 Å². The summed E-state index contributed by atoms with van der Waals surface area (Å²) in [7, 11) is -0.463. The van der Waals surface area contributed by atoms with Gasteiger partial charge >= 0.3 is 11.9 Å². The van der Waals surface area contributed by atoms with Crippen LogP contribution < -0.4 is 0 Å². The van der Waals surface area contributed by atoms with Crippen LogP contribution in [0.1, 0.15) is 13.8 Å². The monoisotopic (exact) mass is 270 g/mol. The normalized spacial score (nSPS) is 13.8. The number of methoxy groups -OCH3 is 1. The van der Waals surface area contributed by atoms with Crippen molar-refractivity contribution in [3.8, 4) is 0 Å². The van der Waals surface area contributed by atoms with Gasteiger partial charge in [0, 0.05) is 11.1 Å². The average Bonchev–Trinajstić information content (AvgIpc) is 2.25. The molecule has 0 radical (unpaired) electrons. The Morgan fingerprint density at radius 2 is 1.67 bits per heavy atom. The lowest BCUT2D eigenvalue weighted by atomic mass is 10.3. The van der Waals surface area contributed by atoms with E-state index in [0.29, 0.717) is 11.1 Å². The van der Waals surface area contributed by atoms with Gasteiger partial charge < -0.3 is 9.47 Å². The van der Waals surface area contributed by atoms with Gasteiger partial charge in [-0.05, 0) is 19.9 Å². The van der Waals surface area contributed by atoms with Gasteiger partial charge in [-0.25, -0.2) is 9.59 Å². The molecule has 0 aliphatic rings. The fourth-order valence-electron chi connectivity index (χ4n) is 1.13. The second-order valence-electron chi connectivity index (χ2n) is 5.31. The molecule has 1 unspecified atom stereocenters. The van der Waals surface area contributed by atoms with E-state index in [2.05, 4.69) is 31.0 Å². The fraction of sp³-hybridized carbons (Fsp3) is 0.538. The lowest BCUT2D eigenvalue weighted by molar-refractivity contribution is -0.140. The molecule has 0 N–H and O–H groups in total. The summed E-state index contributed by atoms with van der Waals surface area (Å²) in [5.41, 5.74) is 0.419. The molecule has 0 aliphatic carbocycles. The molecule has 0 rings (SSSR count). The third-order valence-electron chi connectivity index (χ3n) is 2.34. The van der Waals surface area contributed by atoms with Crippen LogP contribution in [0.4, 0.5) is 0 Å². The number of carbonyl (C=O) groups excluding carboxylic acids is 2. The van der Waals surface area contributed by atoms with E-state index in [1.54, 1.807) is 19.9 Å². The molecule has 0 aromatic carbocycles. The molecule has 0 saturated carbocycles. The highest BCUT2D eigenvalue weighted by molar-refractivity contribution is 6.78. The van der Waals surface area contributed by atoms with E-state index < -0.39 is 20.0 Å². The van der Waals surface area contributed by atoms with Crippen LogP contribution in [0.5, 0.6) is 0 Å². The van der Waals surface area contributed by atoms with Gasteiger partial charge in [0.15, 0.2) is 0 Å². The van der Waals surface area contributed by atoms with Crippen molar-refractivity contribution in [3.05, 3.63) is 23.8 Å². The summed E-state index contributed by atoms with van der Waals surface area (Å²) in [6.07, 6.45) is 1.67. The van der Waals surface area contributed by atoms with E-state index in [9.17, 15) is 9.59 Å². The van der Waals surface area contributed by atoms with Crippen LogP contribution in [0.15, 0.2) is 23.8 Å². The molecule has 18 heavy (non-hydrogen) atoms. The minimum absolute atomic E-state index is 0.349. The maximum absolute atomic E-state index is 11.6. The Labute approximate surface area is 110 Å². The van der Waals surface area contributed by atoms with E-state index in [-0.39, 0.29) is 5.73 Å². The van der Waals surface area contributed by atoms with E-state index >= 15 is 0 Å². The molecule has 0 aliphatic heterocycles. The Kier molecular flexibility index (Phi) is 6.04. The summed E-state index contributed by atoms with van der Waals surface area (Å²) in [5.74, 6) is -0.846. The standard InChI is InChI=1S/C13H22O4Si/c1-9(2)12(14)17-11(18(5,6)7)8-10(3)13(15)16-4/h8,11H,1H2,2-7H3. The SMILES string of the molecule is C=C(C)C(=O)OC(C=C(C)C(=O)OC)[Si](C)(C)C. The van der Waals surface area contributed by atoms with Gasteiger partial charge in [-0.1, -0.05) is 26.2 Å². The number of ether oxygens (including phenoxy) is 2. The van der Waals surface area contributed by atoms with Crippen molar-refractivity contribution >= 4 is 20.0 Å². The van der Waals surface area contributed by atoms with E-state index in [0.717, 1.165) is 0 Å². The molecule has 1 atom stereocenters. The highest BCUT2D eigenvalue weighted by atomic mass is 28.3. The van der Waals surface area contributed by atoms with Gasteiger partial charge in [-0.3, -0.25) is 0 Å². The van der Waals surface area contributed by atoms with Crippen LogP contribution >= 0.6 is 0 Å². The molecule has 0 aromatic heterocycles. The third-order valence-corrected chi connectivity index (χ3v) is 4.34. The molecular weight excluding hydrogens is 248 g/mol. The van der Waals surface area contributed by atoms with Gasteiger partial charge in [0.05, 0.1) is 15.2 Å². The molecular formula is C13H22O4Si. The number of hydrogen-bond acceptors (Lipinski definition) is 4. The maximum Gasteiger partial charge on any atom is 0.333 e. The molecule has 102 valence electrons. The van der Waals surface area contributed by atoms with Crippen LogP contribution in [0, 0.1) is 0 Å². The van der Waals surface area contributed by atoms with Crippen molar-refractivity contribution in [1.82, 2.24) is 0 Å². The van der Waals surface area contributed by atoms with Crippen LogP contribution in [-0.2, 0) is 19.1 Å². The van der Waals surface area contributed by atoms with Crippen molar-refractivity contribution in [2.24, 2.45) is 0 Å². The zero-order valence-electron chi connectivity index (χ0n) is 12.0. The largest absolute Gasteiger partial charge is 0.466 e. The average molecular weight is 270 g/mol. The summed E-state index contributed by atoms with van der Waals surface area (Å²) in [6, 6.07) is 0. The molecule has 4 nitrogen and oxygen atoms in total. The first kappa shape index (κ1) is 16.6. The fourth-order valence-corrected chi connectivity index (χ4v) is 2.34. The smallest absolute Gasteiger partial charge is 0.333 e. The Hall–Kier alpha value is -1.36. The van der Waals surface area contributed by atoms with Crippen molar-refractivity contribution in [2.45, 2.75) is 39.2 Å². The molecule has 0 fully saturated rings. The zero-order valence-corrected chi connectivity index (χ0v) is 13.0. The number of rotatable bonds is 5. The van der Waals surface area contributed by atoms with Gasteiger partial charge in [-0.2, -0.15) is 0 Å². The van der Waals surface area contributed by atoms with E-state index in [1.165, 1.54) is 7.11 Å². The summed E-state index contributed by atoms with van der Waals surface area (Å²) in [4.78, 5) is 22.9. The minimum atomic E-state index is -1.79. The van der Waals surface area contributed by atoms with Gasteiger partial charge in [0.1, 0.15) is 5.73 Å². The lowest BCUT2D eigenvalue weighted by Gasteiger charge is -2.26. The molecule has 5 heteroatoms. The Morgan fingerprint density at radius 3 is 2.00 bits per heavy atom. The number of carbonyl (C=O) groups is 2. The molecule has 0 saturated heterocycles. The van der Waals surface area contributed by atoms with E-state index in [4.69, 9.17) is 4.74 Å². The van der Waals surface area contributed by atoms with Gasteiger partial charge in [0.2, 0.25) is 0 Å². The van der Waals surface area contributed by atoms with Crippen LogP contribution in [0.25, 0.3) is 0 Å². The first-order valence-corrected chi connectivity index (χ1v) is 9.30. The second kappa shape index (κ2) is 6.54. The Morgan fingerprint density at radius 1 is 1.17 bits per heavy atom. The molecule has 0 amide bonds. The predicted octanol–water partition coefficient (Wildman–Crippen LogP) is 2.47. The minimum Gasteiger partial charge on any atom is -0.466 e. The lowest BCUT2D eigenvalue weighted by Crippen LogP contribution is -2.41. The first-order chi connectivity index (χ1) is 8.09. The Balaban J connectivity index is 5.10. The number of esters is 2. The number of hydrogen-bond donors (Lipinski definition) is 0. The highest BCUT2D eigenvalue weighted by Crippen LogP contribution is 2.16. The van der Waals surface area contributed by atoms with Crippen molar-refractivity contribution in [3.63, 3.8) is 0 Å². The van der Waals surface area contributed by atoms with Crippen LogP contribution in [0.2, 0.25) is 19.6 Å². The van der Waals surface area contributed by atoms with Gasteiger partial charge in [-0.15, -0.1) is 0 Å². The summed E-state index contributed by atoms with van der Waals surface area (Å²) < 4.78 is 10.0. The second-order valence-corrected chi connectivity index (χ2v) is 10.6. The van der Waals surface area contributed by atoms with E-state index in [1.807, 2.05) is 0 Å². The summed E-state index contributed by atoms with van der Waals surface area (Å²) >= 11 is 0. The highest BCUT2D eigenvalue weighted by Gasteiger charge is 2.29. The van der Waals surface area contributed by atoms with Crippen LogP contribution in [-0.4, -0.2) is 32.8 Å². The quantitative estimate of drug-likeness (QED) is 0.437.